The molecule has 2 nitrogen and oxygen atoms in total. The normalized spacial score (nSPS) is 12.4. The first kappa shape index (κ1) is 13.9. The van der Waals surface area contributed by atoms with Crippen LogP contribution in [0.1, 0.15) is 41.0 Å². The first-order chi connectivity index (χ1) is 6.48. The molecule has 0 bridgehead atoms. The summed E-state index contributed by atoms with van der Waals surface area (Å²) in [5.41, 5.74) is 0.415. The minimum Gasteiger partial charge on any atom is -0.380 e. The van der Waals surface area contributed by atoms with Gasteiger partial charge in [-0.3, -0.25) is 0 Å². The minimum absolute atomic E-state index is 0.415. The van der Waals surface area contributed by atoms with E-state index in [0.29, 0.717) is 11.3 Å². The van der Waals surface area contributed by atoms with Gasteiger partial charge in [-0.1, -0.05) is 34.6 Å². The van der Waals surface area contributed by atoms with E-state index in [9.17, 15) is 0 Å². The molecule has 0 aliphatic heterocycles. The van der Waals surface area contributed by atoms with E-state index in [1.54, 1.807) is 0 Å². The highest BCUT2D eigenvalue weighted by Crippen LogP contribution is 2.17. The van der Waals surface area contributed by atoms with Gasteiger partial charge >= 0.3 is 0 Å². The summed E-state index contributed by atoms with van der Waals surface area (Å²) in [6.07, 6.45) is 1.22. The lowest BCUT2D eigenvalue weighted by Crippen LogP contribution is -2.31. The Labute approximate surface area is 89.4 Å². The van der Waals surface area contributed by atoms with Crippen LogP contribution in [0.3, 0.4) is 0 Å². The topological polar surface area (TPSA) is 21.3 Å². The monoisotopic (exact) mass is 201 g/mol. The van der Waals surface area contributed by atoms with Crippen molar-refractivity contribution in [3.63, 3.8) is 0 Å². The Bertz CT molecular complexity index is 132. The molecule has 1 N–H and O–H groups in total. The molecule has 86 valence electrons. The Kier molecular flexibility index (Phi) is 7.20. The highest BCUT2D eigenvalue weighted by Gasteiger charge is 2.13. The van der Waals surface area contributed by atoms with Gasteiger partial charge in [0.1, 0.15) is 0 Å². The number of nitrogens with one attached hydrogen (secondary N) is 1. The Morgan fingerprint density at radius 1 is 1.29 bits per heavy atom. The SMILES string of the molecule is CCC(C)(C)CNCCOCC(C)C. The summed E-state index contributed by atoms with van der Waals surface area (Å²) in [6.45, 7) is 14.9. The number of ether oxygens (including phenoxy) is 1. The highest BCUT2D eigenvalue weighted by atomic mass is 16.5. The van der Waals surface area contributed by atoms with Crippen molar-refractivity contribution in [1.82, 2.24) is 5.32 Å². The summed E-state index contributed by atoms with van der Waals surface area (Å²) in [4.78, 5) is 0. The maximum Gasteiger partial charge on any atom is 0.0591 e. The van der Waals surface area contributed by atoms with Crippen LogP contribution in [0.25, 0.3) is 0 Å². The quantitative estimate of drug-likeness (QED) is 0.610. The van der Waals surface area contributed by atoms with E-state index >= 15 is 0 Å². The van der Waals surface area contributed by atoms with Crippen LogP contribution in [0.15, 0.2) is 0 Å². The molecule has 0 rings (SSSR count). The third-order valence-electron chi connectivity index (χ3n) is 2.44. The van der Waals surface area contributed by atoms with Gasteiger partial charge in [0, 0.05) is 19.7 Å². The molecular formula is C12H27NO. The average molecular weight is 201 g/mol. The van der Waals surface area contributed by atoms with Crippen LogP contribution in [0.2, 0.25) is 0 Å². The maximum atomic E-state index is 5.48. The Hall–Kier alpha value is -0.0800. The zero-order valence-corrected chi connectivity index (χ0v) is 10.5. The molecule has 0 aliphatic carbocycles. The van der Waals surface area contributed by atoms with Crippen molar-refractivity contribution in [2.24, 2.45) is 11.3 Å². The molecule has 0 heterocycles. The van der Waals surface area contributed by atoms with Crippen LogP contribution in [0.5, 0.6) is 0 Å². The van der Waals surface area contributed by atoms with Crippen molar-refractivity contribution >= 4 is 0 Å². The molecule has 0 aromatic rings. The zero-order chi connectivity index (χ0) is 11.0. The van der Waals surface area contributed by atoms with E-state index in [1.807, 2.05) is 0 Å². The van der Waals surface area contributed by atoms with Crippen LogP contribution in [-0.2, 0) is 4.74 Å². The maximum absolute atomic E-state index is 5.48. The van der Waals surface area contributed by atoms with Crippen molar-refractivity contribution in [1.29, 1.82) is 0 Å². The predicted molar refractivity (Wildman–Crippen MR) is 62.6 cm³/mol. The largest absolute Gasteiger partial charge is 0.380 e. The van der Waals surface area contributed by atoms with E-state index in [4.69, 9.17) is 4.74 Å². The molecule has 0 aliphatic rings. The lowest BCUT2D eigenvalue weighted by molar-refractivity contribution is 0.110. The smallest absolute Gasteiger partial charge is 0.0591 e. The van der Waals surface area contributed by atoms with Gasteiger partial charge in [-0.05, 0) is 17.8 Å². The van der Waals surface area contributed by atoms with E-state index in [1.165, 1.54) is 6.42 Å². The van der Waals surface area contributed by atoms with Crippen LogP contribution in [0, 0.1) is 11.3 Å². The third-order valence-corrected chi connectivity index (χ3v) is 2.44. The molecule has 0 aromatic heterocycles. The van der Waals surface area contributed by atoms with Gasteiger partial charge in [-0.25, -0.2) is 0 Å². The number of rotatable bonds is 8. The van der Waals surface area contributed by atoms with Gasteiger partial charge in [-0.2, -0.15) is 0 Å². The summed E-state index contributed by atoms with van der Waals surface area (Å²) < 4.78 is 5.48. The molecule has 0 atom stereocenters. The van der Waals surface area contributed by atoms with E-state index in [2.05, 4.69) is 39.9 Å². The van der Waals surface area contributed by atoms with Crippen molar-refractivity contribution in [3.8, 4) is 0 Å². The Balaban J connectivity index is 3.21. The molecule has 0 saturated heterocycles. The fourth-order valence-electron chi connectivity index (χ4n) is 1.02. The first-order valence-corrected chi connectivity index (χ1v) is 5.76. The predicted octanol–water partition coefficient (Wildman–Crippen LogP) is 2.68. The fourth-order valence-corrected chi connectivity index (χ4v) is 1.02. The summed E-state index contributed by atoms with van der Waals surface area (Å²) >= 11 is 0. The molecule has 0 aromatic carbocycles. The van der Waals surface area contributed by atoms with E-state index in [-0.39, 0.29) is 0 Å². The number of hydrogen-bond donors (Lipinski definition) is 1. The van der Waals surface area contributed by atoms with Crippen molar-refractivity contribution in [3.05, 3.63) is 0 Å². The van der Waals surface area contributed by atoms with Crippen LogP contribution in [-0.4, -0.2) is 26.3 Å². The van der Waals surface area contributed by atoms with Gasteiger partial charge in [0.2, 0.25) is 0 Å². The summed E-state index contributed by atoms with van der Waals surface area (Å²) in [5.74, 6) is 0.641. The van der Waals surface area contributed by atoms with Crippen molar-refractivity contribution in [2.45, 2.75) is 41.0 Å². The second kappa shape index (κ2) is 7.24. The van der Waals surface area contributed by atoms with Crippen molar-refractivity contribution < 1.29 is 4.74 Å². The van der Waals surface area contributed by atoms with Gasteiger partial charge in [0.25, 0.3) is 0 Å². The second-order valence-electron chi connectivity index (χ2n) is 5.16. The van der Waals surface area contributed by atoms with Gasteiger partial charge in [0.15, 0.2) is 0 Å². The fraction of sp³-hybridized carbons (Fsp3) is 1.00. The third kappa shape index (κ3) is 8.52. The lowest BCUT2D eigenvalue weighted by atomic mass is 9.90. The molecule has 0 fully saturated rings. The summed E-state index contributed by atoms with van der Waals surface area (Å²) in [5, 5.41) is 3.43. The molecule has 0 amide bonds. The zero-order valence-electron chi connectivity index (χ0n) is 10.5. The average Bonchev–Trinajstić information content (AvgIpc) is 2.10. The molecule has 0 unspecified atom stereocenters. The molecule has 0 saturated carbocycles. The van der Waals surface area contributed by atoms with E-state index < -0.39 is 0 Å². The lowest BCUT2D eigenvalue weighted by Gasteiger charge is -2.22. The summed E-state index contributed by atoms with van der Waals surface area (Å²) in [6, 6.07) is 0. The van der Waals surface area contributed by atoms with Crippen LogP contribution in [0.4, 0.5) is 0 Å². The van der Waals surface area contributed by atoms with Crippen LogP contribution < -0.4 is 5.32 Å². The second-order valence-corrected chi connectivity index (χ2v) is 5.16. The van der Waals surface area contributed by atoms with Crippen molar-refractivity contribution in [2.75, 3.05) is 26.3 Å². The molecular weight excluding hydrogens is 174 g/mol. The van der Waals surface area contributed by atoms with Gasteiger partial charge in [0.05, 0.1) is 6.61 Å². The standard InChI is InChI=1S/C12H27NO/c1-6-12(4,5)10-13-7-8-14-9-11(2)3/h11,13H,6-10H2,1-5H3. The Morgan fingerprint density at radius 2 is 1.93 bits per heavy atom. The molecule has 0 radical (unpaired) electrons. The number of hydrogen-bond acceptors (Lipinski definition) is 2. The summed E-state index contributed by atoms with van der Waals surface area (Å²) in [7, 11) is 0. The van der Waals surface area contributed by atoms with Gasteiger partial charge in [-0.15, -0.1) is 0 Å². The first-order valence-electron chi connectivity index (χ1n) is 5.76. The van der Waals surface area contributed by atoms with Crippen LogP contribution >= 0.6 is 0 Å². The molecule has 14 heavy (non-hydrogen) atoms. The molecule has 2 heteroatoms. The molecule has 0 spiro atoms. The Morgan fingerprint density at radius 3 is 2.43 bits per heavy atom. The minimum atomic E-state index is 0.415. The van der Waals surface area contributed by atoms with E-state index in [0.717, 1.165) is 26.3 Å². The van der Waals surface area contributed by atoms with Gasteiger partial charge < -0.3 is 10.1 Å². The highest BCUT2D eigenvalue weighted by molar-refractivity contribution is 4.68.